The third-order valence-corrected chi connectivity index (χ3v) is 3.46. The Kier molecular flexibility index (Phi) is 4.91. The van der Waals surface area contributed by atoms with E-state index in [1.807, 2.05) is 22.6 Å². The van der Waals surface area contributed by atoms with E-state index in [4.69, 9.17) is 11.6 Å². The lowest BCUT2D eigenvalue weighted by Crippen LogP contribution is -1.99. The van der Waals surface area contributed by atoms with Crippen LogP contribution in [0.1, 0.15) is 5.56 Å². The number of aromatic nitrogens is 1. The average Bonchev–Trinajstić information content (AvgIpc) is 2.44. The highest BCUT2D eigenvalue weighted by Gasteiger charge is 2.13. The van der Waals surface area contributed by atoms with E-state index in [0.717, 1.165) is 0 Å². The maximum atomic E-state index is 10.8. The van der Waals surface area contributed by atoms with Gasteiger partial charge in [-0.1, -0.05) is 11.6 Å². The minimum atomic E-state index is -0.565. The summed E-state index contributed by atoms with van der Waals surface area (Å²) >= 11 is 7.82. The van der Waals surface area contributed by atoms with Crippen LogP contribution in [0, 0.1) is 13.7 Å². The fourth-order valence-corrected chi connectivity index (χ4v) is 2.54. The lowest BCUT2D eigenvalue weighted by molar-refractivity contribution is -0.384. The molecule has 0 aliphatic heterocycles. The van der Waals surface area contributed by atoms with Gasteiger partial charge in [-0.3, -0.25) is 15.5 Å². The van der Waals surface area contributed by atoms with Gasteiger partial charge in [0, 0.05) is 22.8 Å². The van der Waals surface area contributed by atoms with Crippen LogP contribution in [0.15, 0.2) is 35.6 Å². The highest BCUT2D eigenvalue weighted by Crippen LogP contribution is 2.27. The van der Waals surface area contributed by atoms with Crippen LogP contribution in [0.3, 0.4) is 0 Å². The number of halogens is 2. The monoisotopic (exact) mass is 418 g/mol. The molecular formula is C12H8ClIN4O3. The first-order chi connectivity index (χ1) is 9.99. The Bertz CT molecular complexity index is 724. The molecule has 1 aromatic carbocycles. The van der Waals surface area contributed by atoms with Gasteiger partial charge in [-0.05, 0) is 40.8 Å². The van der Waals surface area contributed by atoms with Gasteiger partial charge >= 0.3 is 5.69 Å². The first kappa shape index (κ1) is 15.4. The zero-order valence-corrected chi connectivity index (χ0v) is 13.2. The van der Waals surface area contributed by atoms with Crippen molar-refractivity contribution in [2.75, 3.05) is 5.43 Å². The Morgan fingerprint density at radius 1 is 1.52 bits per heavy atom. The fraction of sp³-hybridized carbons (Fsp3) is 0. The van der Waals surface area contributed by atoms with E-state index < -0.39 is 4.92 Å². The molecule has 0 unspecified atom stereocenters. The van der Waals surface area contributed by atoms with E-state index >= 15 is 0 Å². The molecule has 108 valence electrons. The molecule has 0 radical (unpaired) electrons. The zero-order chi connectivity index (χ0) is 15.4. The van der Waals surface area contributed by atoms with Crippen LogP contribution in [-0.4, -0.2) is 21.2 Å². The number of nitro groups is 1. The number of pyridine rings is 1. The molecule has 0 fully saturated rings. The molecule has 0 aliphatic rings. The number of anilines is 1. The molecule has 2 N–H and O–H groups in total. The second kappa shape index (κ2) is 6.68. The normalized spacial score (nSPS) is 10.8. The topological polar surface area (TPSA) is 101 Å². The molecular weight excluding hydrogens is 411 g/mol. The van der Waals surface area contributed by atoms with Gasteiger partial charge in [0.1, 0.15) is 5.75 Å². The lowest BCUT2D eigenvalue weighted by Gasteiger charge is -2.03. The molecule has 7 nitrogen and oxygen atoms in total. The number of aromatic hydroxyl groups is 1. The van der Waals surface area contributed by atoms with Gasteiger partial charge in [0.05, 0.1) is 14.7 Å². The lowest BCUT2D eigenvalue weighted by atomic mass is 10.2. The summed E-state index contributed by atoms with van der Waals surface area (Å²) in [5.74, 6) is 0.0380. The van der Waals surface area contributed by atoms with Crippen molar-refractivity contribution < 1.29 is 10.0 Å². The van der Waals surface area contributed by atoms with E-state index in [0.29, 0.717) is 14.2 Å². The second-order valence-electron chi connectivity index (χ2n) is 3.82. The number of nitrogens with one attached hydrogen (secondary N) is 1. The van der Waals surface area contributed by atoms with Crippen LogP contribution in [0.4, 0.5) is 11.5 Å². The summed E-state index contributed by atoms with van der Waals surface area (Å²) in [7, 11) is 0. The first-order valence-corrected chi connectivity index (χ1v) is 7.01. The number of phenols is 1. The quantitative estimate of drug-likeness (QED) is 0.343. The molecule has 2 aromatic rings. The number of rotatable bonds is 4. The highest BCUT2D eigenvalue weighted by molar-refractivity contribution is 14.1. The molecule has 0 atom stereocenters. The maximum absolute atomic E-state index is 10.8. The van der Waals surface area contributed by atoms with Gasteiger partial charge in [0.15, 0.2) is 0 Å². The standard InChI is InChI=1S/C12H8ClIN4O3/c13-8-4-7(11(19)9(14)5-8)6-16-17-12-10(18(20)21)2-1-3-15-12/h1-6,19H,(H,15,17). The molecule has 9 heteroatoms. The van der Waals surface area contributed by atoms with Crippen molar-refractivity contribution in [1.82, 2.24) is 4.98 Å². The molecule has 0 spiro atoms. The Labute approximate surface area is 138 Å². The molecule has 1 heterocycles. The van der Waals surface area contributed by atoms with Crippen molar-refractivity contribution in [2.24, 2.45) is 5.10 Å². The fourth-order valence-electron chi connectivity index (χ4n) is 1.48. The highest BCUT2D eigenvalue weighted by atomic mass is 127. The molecule has 2 rings (SSSR count). The second-order valence-corrected chi connectivity index (χ2v) is 5.42. The van der Waals surface area contributed by atoms with E-state index in [1.165, 1.54) is 30.6 Å². The van der Waals surface area contributed by atoms with Crippen molar-refractivity contribution in [1.29, 1.82) is 0 Å². The summed E-state index contributed by atoms with van der Waals surface area (Å²) in [6, 6.07) is 5.89. The summed E-state index contributed by atoms with van der Waals surface area (Å²) in [5.41, 5.74) is 2.66. The smallest absolute Gasteiger partial charge is 0.313 e. The number of hydrogen-bond donors (Lipinski definition) is 2. The van der Waals surface area contributed by atoms with Crippen LogP contribution >= 0.6 is 34.2 Å². The summed E-state index contributed by atoms with van der Waals surface area (Å²) in [6.07, 6.45) is 2.71. The van der Waals surface area contributed by atoms with Crippen molar-refractivity contribution in [3.63, 3.8) is 0 Å². The summed E-state index contributed by atoms with van der Waals surface area (Å²) < 4.78 is 0.574. The van der Waals surface area contributed by atoms with E-state index in [1.54, 1.807) is 6.07 Å². The number of hydrazone groups is 1. The van der Waals surface area contributed by atoms with Gasteiger partial charge in [0.25, 0.3) is 0 Å². The van der Waals surface area contributed by atoms with Crippen LogP contribution in [0.25, 0.3) is 0 Å². The predicted octanol–water partition coefficient (Wildman–Crippen LogP) is 3.40. The summed E-state index contributed by atoms with van der Waals surface area (Å²) in [6.45, 7) is 0. The van der Waals surface area contributed by atoms with Crippen LogP contribution < -0.4 is 5.43 Å². The number of benzene rings is 1. The van der Waals surface area contributed by atoms with Crippen molar-refractivity contribution in [3.05, 3.63) is 54.7 Å². The van der Waals surface area contributed by atoms with Gasteiger partial charge in [-0.15, -0.1) is 0 Å². The van der Waals surface area contributed by atoms with Crippen molar-refractivity contribution in [3.8, 4) is 5.75 Å². The minimum absolute atomic E-state index is 0.00923. The predicted molar refractivity (Wildman–Crippen MR) is 87.9 cm³/mol. The van der Waals surface area contributed by atoms with E-state index in [2.05, 4.69) is 15.5 Å². The Balaban J connectivity index is 2.23. The Morgan fingerprint density at radius 2 is 2.29 bits per heavy atom. The maximum Gasteiger partial charge on any atom is 0.313 e. The van der Waals surface area contributed by atoms with Crippen LogP contribution in [0.5, 0.6) is 5.75 Å². The minimum Gasteiger partial charge on any atom is -0.506 e. The Morgan fingerprint density at radius 3 is 3.00 bits per heavy atom. The van der Waals surface area contributed by atoms with Gasteiger partial charge in [-0.25, -0.2) is 4.98 Å². The number of hydrogen-bond acceptors (Lipinski definition) is 6. The third-order valence-electron chi connectivity index (χ3n) is 2.41. The van der Waals surface area contributed by atoms with E-state index in [-0.39, 0.29) is 17.3 Å². The molecule has 0 saturated carbocycles. The first-order valence-electron chi connectivity index (χ1n) is 5.55. The average molecular weight is 419 g/mol. The molecule has 0 amide bonds. The van der Waals surface area contributed by atoms with Crippen LogP contribution in [0.2, 0.25) is 5.02 Å². The van der Waals surface area contributed by atoms with E-state index in [9.17, 15) is 15.2 Å². The Hall–Kier alpha value is -1.94. The van der Waals surface area contributed by atoms with Crippen LogP contribution in [-0.2, 0) is 0 Å². The third kappa shape index (κ3) is 3.79. The summed E-state index contributed by atoms with van der Waals surface area (Å²) in [5, 5.41) is 24.9. The summed E-state index contributed by atoms with van der Waals surface area (Å²) in [4.78, 5) is 14.1. The van der Waals surface area contributed by atoms with Gasteiger partial charge < -0.3 is 5.11 Å². The van der Waals surface area contributed by atoms with Gasteiger partial charge in [0.2, 0.25) is 5.82 Å². The molecule has 0 aliphatic carbocycles. The number of nitrogens with zero attached hydrogens (tertiary/aromatic N) is 3. The van der Waals surface area contributed by atoms with Crippen molar-refractivity contribution >= 4 is 51.9 Å². The zero-order valence-electron chi connectivity index (χ0n) is 10.3. The van der Waals surface area contributed by atoms with Crippen molar-refractivity contribution in [2.45, 2.75) is 0 Å². The largest absolute Gasteiger partial charge is 0.506 e. The molecule has 0 bridgehead atoms. The number of phenolic OH excluding ortho intramolecular Hbond substituents is 1. The molecule has 1 aromatic heterocycles. The molecule has 21 heavy (non-hydrogen) atoms. The van der Waals surface area contributed by atoms with Gasteiger partial charge in [-0.2, -0.15) is 5.10 Å². The molecule has 0 saturated heterocycles. The SMILES string of the molecule is O=[N+]([O-])c1cccnc1NN=Cc1cc(Cl)cc(I)c1O.